The van der Waals surface area contributed by atoms with E-state index < -0.39 is 0 Å². The largest absolute Gasteiger partial charge is 0.165 e. The van der Waals surface area contributed by atoms with Crippen molar-refractivity contribution in [3.05, 3.63) is 89.0 Å². The van der Waals surface area contributed by atoms with E-state index in [2.05, 4.69) is 73.7 Å². The molecule has 0 spiro atoms. The van der Waals surface area contributed by atoms with Crippen LogP contribution in [0.1, 0.15) is 28.2 Å². The zero-order valence-corrected chi connectivity index (χ0v) is 15.6. The van der Waals surface area contributed by atoms with Gasteiger partial charge in [0.15, 0.2) is 0 Å². The SMILES string of the molecule is Cc1cc2c(C3Cc4cccc5cccc3c45)cccc2[cH-]1.[Zr]. The molecule has 110 valence electrons. The van der Waals surface area contributed by atoms with Gasteiger partial charge in [0.05, 0.1) is 0 Å². The van der Waals surface area contributed by atoms with Gasteiger partial charge in [-0.3, -0.25) is 0 Å². The summed E-state index contributed by atoms with van der Waals surface area (Å²) >= 11 is 0. The van der Waals surface area contributed by atoms with Crippen molar-refractivity contribution in [1.29, 1.82) is 0 Å². The van der Waals surface area contributed by atoms with Gasteiger partial charge in [-0.15, -0.1) is 34.5 Å². The first-order valence-electron chi connectivity index (χ1n) is 7.98. The van der Waals surface area contributed by atoms with Crippen molar-refractivity contribution in [3.8, 4) is 0 Å². The number of hydrogen-bond acceptors (Lipinski definition) is 0. The molecule has 1 atom stereocenters. The Bertz CT molecular complexity index is 1020. The van der Waals surface area contributed by atoms with Crippen LogP contribution in [0.25, 0.3) is 21.5 Å². The van der Waals surface area contributed by atoms with E-state index in [0.29, 0.717) is 5.92 Å². The summed E-state index contributed by atoms with van der Waals surface area (Å²) in [7, 11) is 0. The zero-order valence-electron chi connectivity index (χ0n) is 13.1. The predicted molar refractivity (Wildman–Crippen MR) is 93.8 cm³/mol. The molecule has 0 amide bonds. The van der Waals surface area contributed by atoms with Gasteiger partial charge in [0.1, 0.15) is 0 Å². The smallest absolute Gasteiger partial charge is 0.00476 e. The van der Waals surface area contributed by atoms with Crippen LogP contribution in [0.3, 0.4) is 0 Å². The van der Waals surface area contributed by atoms with Gasteiger partial charge in [-0.2, -0.15) is 6.07 Å². The Morgan fingerprint density at radius 2 is 1.65 bits per heavy atom. The number of fused-ring (bicyclic) bond motifs is 1. The molecule has 0 saturated heterocycles. The van der Waals surface area contributed by atoms with Crippen molar-refractivity contribution in [2.45, 2.75) is 19.3 Å². The predicted octanol–water partition coefficient (Wildman–Crippen LogP) is 5.71. The Balaban J connectivity index is 0.00000135. The number of aryl methyl sites for hydroxylation is 1. The molecule has 0 N–H and O–H groups in total. The standard InChI is InChI=1S/C22H17.Zr/c1-14-11-16-7-4-9-18(20(16)12-14)21-13-17-8-2-5-15-6-3-10-19(21)22(15)17;/h2-12,21H,13H2,1H3;/q-1;. The quantitative estimate of drug-likeness (QED) is 0.376. The molecule has 23 heavy (non-hydrogen) atoms. The van der Waals surface area contributed by atoms with Gasteiger partial charge in [0.2, 0.25) is 0 Å². The van der Waals surface area contributed by atoms with E-state index in [-0.39, 0.29) is 26.2 Å². The number of rotatable bonds is 1. The Morgan fingerprint density at radius 3 is 2.52 bits per heavy atom. The summed E-state index contributed by atoms with van der Waals surface area (Å²) < 4.78 is 0. The minimum atomic E-state index is 0. The molecule has 0 radical (unpaired) electrons. The second-order valence-electron chi connectivity index (χ2n) is 6.50. The van der Waals surface area contributed by atoms with Crippen molar-refractivity contribution >= 4 is 21.5 Å². The third-order valence-electron chi connectivity index (χ3n) is 5.13. The Labute approximate surface area is 155 Å². The molecule has 1 heteroatoms. The molecule has 1 aliphatic carbocycles. The molecule has 5 rings (SSSR count). The molecule has 0 heterocycles. The van der Waals surface area contributed by atoms with Crippen molar-refractivity contribution in [3.63, 3.8) is 0 Å². The zero-order chi connectivity index (χ0) is 14.7. The van der Waals surface area contributed by atoms with Crippen molar-refractivity contribution in [2.24, 2.45) is 0 Å². The Hall–Kier alpha value is -1.59. The van der Waals surface area contributed by atoms with Crippen LogP contribution in [0.5, 0.6) is 0 Å². The summed E-state index contributed by atoms with van der Waals surface area (Å²) in [5.74, 6) is 0.492. The number of hydrogen-bond donors (Lipinski definition) is 0. The fourth-order valence-electron chi connectivity index (χ4n) is 4.23. The maximum absolute atomic E-state index is 2.34. The van der Waals surface area contributed by atoms with Crippen molar-refractivity contribution in [1.82, 2.24) is 0 Å². The van der Waals surface area contributed by atoms with Gasteiger partial charge in [-0.1, -0.05) is 55.0 Å². The average molecular weight is 373 g/mol. The van der Waals surface area contributed by atoms with E-state index >= 15 is 0 Å². The maximum atomic E-state index is 2.34. The van der Waals surface area contributed by atoms with Crippen molar-refractivity contribution in [2.75, 3.05) is 0 Å². The first-order valence-corrected chi connectivity index (χ1v) is 7.98. The van der Waals surface area contributed by atoms with Gasteiger partial charge >= 0.3 is 0 Å². The third kappa shape index (κ3) is 2.17. The topological polar surface area (TPSA) is 0 Å². The third-order valence-corrected chi connectivity index (χ3v) is 5.13. The Kier molecular flexibility index (Phi) is 3.58. The Morgan fingerprint density at radius 1 is 0.913 bits per heavy atom. The van der Waals surface area contributed by atoms with Gasteiger partial charge in [0.25, 0.3) is 0 Å². The molecule has 0 saturated carbocycles. The molecule has 4 aromatic rings. The molecule has 0 aliphatic heterocycles. The maximum Gasteiger partial charge on any atom is 0.00476 e. The number of benzene rings is 3. The van der Waals surface area contributed by atoms with Gasteiger partial charge < -0.3 is 0 Å². The van der Waals surface area contributed by atoms with Crippen molar-refractivity contribution < 1.29 is 26.2 Å². The van der Waals surface area contributed by atoms with Crippen LogP contribution in [0.15, 0.2) is 66.7 Å². The molecule has 4 aromatic carbocycles. The van der Waals surface area contributed by atoms with Crippen LogP contribution in [-0.4, -0.2) is 0 Å². The molecule has 0 aromatic heterocycles. The monoisotopic (exact) mass is 371 g/mol. The summed E-state index contributed by atoms with van der Waals surface area (Å²) in [5, 5.41) is 5.66. The fourth-order valence-corrected chi connectivity index (χ4v) is 4.23. The fraction of sp³-hybridized carbons (Fsp3) is 0.136. The second kappa shape index (κ2) is 5.50. The van der Waals surface area contributed by atoms with Crippen LogP contribution < -0.4 is 0 Å². The van der Waals surface area contributed by atoms with E-state index in [4.69, 9.17) is 0 Å². The second-order valence-corrected chi connectivity index (χ2v) is 6.50. The van der Waals surface area contributed by atoms with E-state index in [1.54, 1.807) is 0 Å². The van der Waals surface area contributed by atoms with Crippen LogP contribution >= 0.6 is 0 Å². The minimum Gasteiger partial charge on any atom is -0.165 e. The molecule has 0 nitrogen and oxygen atoms in total. The molecule has 0 fully saturated rings. The van der Waals surface area contributed by atoms with E-state index in [1.807, 2.05) is 0 Å². The van der Waals surface area contributed by atoms with Crippen LogP contribution in [-0.2, 0) is 32.6 Å². The summed E-state index contributed by atoms with van der Waals surface area (Å²) in [6.07, 6.45) is 1.13. The van der Waals surface area contributed by atoms with E-state index in [9.17, 15) is 0 Å². The first kappa shape index (κ1) is 15.0. The van der Waals surface area contributed by atoms with Gasteiger partial charge in [-0.25, -0.2) is 0 Å². The summed E-state index contributed by atoms with van der Waals surface area (Å²) in [5.41, 5.74) is 5.84. The van der Waals surface area contributed by atoms with Gasteiger partial charge in [0, 0.05) is 32.1 Å². The molecule has 1 unspecified atom stereocenters. The normalized spacial score (nSPS) is 16.0. The summed E-state index contributed by atoms with van der Waals surface area (Å²) in [6.45, 7) is 2.19. The van der Waals surface area contributed by atoms with E-state index in [1.165, 1.54) is 43.8 Å². The van der Waals surface area contributed by atoms with Gasteiger partial charge in [-0.05, 0) is 28.3 Å². The van der Waals surface area contributed by atoms with Crippen LogP contribution in [0.2, 0.25) is 0 Å². The van der Waals surface area contributed by atoms with E-state index in [0.717, 1.165) is 6.42 Å². The summed E-state index contributed by atoms with van der Waals surface area (Å²) in [6, 6.07) is 24.9. The molecular weight excluding hydrogens is 355 g/mol. The van der Waals surface area contributed by atoms with Crippen LogP contribution in [0, 0.1) is 6.92 Å². The molecule has 0 bridgehead atoms. The summed E-state index contributed by atoms with van der Waals surface area (Å²) in [4.78, 5) is 0. The molecule has 1 aliphatic rings. The van der Waals surface area contributed by atoms with Crippen LogP contribution in [0.4, 0.5) is 0 Å². The molecular formula is C22H17Zr-. The first-order chi connectivity index (χ1) is 10.8. The minimum absolute atomic E-state index is 0. The average Bonchev–Trinajstić information content (AvgIpc) is 3.09.